The third kappa shape index (κ3) is 4.96. The highest BCUT2D eigenvalue weighted by Gasteiger charge is 2.12. The quantitative estimate of drug-likeness (QED) is 0.735. The highest BCUT2D eigenvalue weighted by molar-refractivity contribution is 4.97. The lowest BCUT2D eigenvalue weighted by atomic mass is 9.98. The number of nitrogens with zero attached hydrogens (tertiary/aromatic N) is 2. The van der Waals surface area contributed by atoms with E-state index < -0.39 is 0 Å². The molecule has 0 aliphatic heterocycles. The van der Waals surface area contributed by atoms with E-state index in [1.807, 2.05) is 12.5 Å². The Labute approximate surface area is 116 Å². The standard InChI is InChI=1S/C15H27N3O/c1-2-18-13-17-12-14(18)11-16-9-6-10-19-15-7-4-3-5-8-15/h12-13,15-16H,2-11H2,1H3. The molecule has 1 fully saturated rings. The van der Waals surface area contributed by atoms with Crippen LogP contribution in [-0.4, -0.2) is 28.8 Å². The molecule has 0 atom stereocenters. The second kappa shape index (κ2) is 8.33. The zero-order chi connectivity index (χ0) is 13.3. The van der Waals surface area contributed by atoms with Crippen molar-refractivity contribution in [3.63, 3.8) is 0 Å². The molecular formula is C15H27N3O. The number of imidazole rings is 1. The average Bonchev–Trinajstić information content (AvgIpc) is 2.91. The van der Waals surface area contributed by atoms with E-state index in [-0.39, 0.29) is 0 Å². The second-order valence-electron chi connectivity index (χ2n) is 5.33. The third-order valence-corrected chi connectivity index (χ3v) is 3.85. The number of aryl methyl sites for hydroxylation is 1. The van der Waals surface area contributed by atoms with Gasteiger partial charge in [0.05, 0.1) is 18.1 Å². The highest BCUT2D eigenvalue weighted by atomic mass is 16.5. The van der Waals surface area contributed by atoms with E-state index in [2.05, 4.69) is 21.8 Å². The SMILES string of the molecule is CCn1cncc1CNCCCOC1CCCCC1. The monoisotopic (exact) mass is 265 g/mol. The van der Waals surface area contributed by atoms with Crippen LogP contribution in [-0.2, 0) is 17.8 Å². The molecule has 2 rings (SSSR count). The number of ether oxygens (including phenoxy) is 1. The summed E-state index contributed by atoms with van der Waals surface area (Å²) in [6.07, 6.45) is 12.1. The maximum Gasteiger partial charge on any atom is 0.0948 e. The molecule has 0 bridgehead atoms. The van der Waals surface area contributed by atoms with E-state index in [1.54, 1.807) is 0 Å². The Morgan fingerprint density at radius 3 is 3.00 bits per heavy atom. The second-order valence-corrected chi connectivity index (χ2v) is 5.33. The van der Waals surface area contributed by atoms with Crippen LogP contribution in [0.4, 0.5) is 0 Å². The molecule has 1 heterocycles. The smallest absolute Gasteiger partial charge is 0.0948 e. The normalized spacial score (nSPS) is 16.9. The molecule has 1 N–H and O–H groups in total. The van der Waals surface area contributed by atoms with Crippen molar-refractivity contribution in [2.75, 3.05) is 13.2 Å². The number of hydrogen-bond acceptors (Lipinski definition) is 3. The van der Waals surface area contributed by atoms with E-state index in [4.69, 9.17) is 4.74 Å². The van der Waals surface area contributed by atoms with Crippen LogP contribution in [0, 0.1) is 0 Å². The van der Waals surface area contributed by atoms with Crippen LogP contribution in [0.3, 0.4) is 0 Å². The summed E-state index contributed by atoms with van der Waals surface area (Å²) in [5, 5.41) is 3.46. The zero-order valence-corrected chi connectivity index (χ0v) is 12.1. The van der Waals surface area contributed by atoms with Crippen molar-refractivity contribution >= 4 is 0 Å². The Kier molecular flexibility index (Phi) is 6.37. The average molecular weight is 265 g/mol. The summed E-state index contributed by atoms with van der Waals surface area (Å²) in [6, 6.07) is 0. The molecule has 19 heavy (non-hydrogen) atoms. The highest BCUT2D eigenvalue weighted by Crippen LogP contribution is 2.20. The molecule has 1 saturated carbocycles. The summed E-state index contributed by atoms with van der Waals surface area (Å²) in [5.74, 6) is 0. The van der Waals surface area contributed by atoms with Crippen LogP contribution in [0.1, 0.15) is 51.1 Å². The van der Waals surface area contributed by atoms with Crippen LogP contribution in [0.25, 0.3) is 0 Å². The van der Waals surface area contributed by atoms with Gasteiger partial charge in [0.25, 0.3) is 0 Å². The number of hydrogen-bond donors (Lipinski definition) is 1. The molecule has 1 aliphatic carbocycles. The molecule has 0 spiro atoms. The first-order valence-corrected chi connectivity index (χ1v) is 7.71. The Bertz CT molecular complexity index is 345. The Morgan fingerprint density at radius 2 is 2.21 bits per heavy atom. The molecule has 108 valence electrons. The lowest BCUT2D eigenvalue weighted by Crippen LogP contribution is -2.21. The van der Waals surface area contributed by atoms with Gasteiger partial charge in [0.1, 0.15) is 0 Å². The van der Waals surface area contributed by atoms with E-state index in [1.165, 1.54) is 37.8 Å². The molecule has 0 amide bonds. The van der Waals surface area contributed by atoms with Gasteiger partial charge in [0, 0.05) is 25.9 Å². The van der Waals surface area contributed by atoms with Gasteiger partial charge >= 0.3 is 0 Å². The molecule has 4 heteroatoms. The molecule has 0 saturated heterocycles. The van der Waals surface area contributed by atoms with Crippen molar-refractivity contribution in [3.05, 3.63) is 18.2 Å². The van der Waals surface area contributed by atoms with Gasteiger partial charge in [0.2, 0.25) is 0 Å². The van der Waals surface area contributed by atoms with Gasteiger partial charge in [-0.1, -0.05) is 19.3 Å². The minimum absolute atomic E-state index is 0.537. The van der Waals surface area contributed by atoms with Gasteiger partial charge in [-0.25, -0.2) is 4.98 Å². The van der Waals surface area contributed by atoms with Crippen molar-refractivity contribution < 1.29 is 4.74 Å². The fraction of sp³-hybridized carbons (Fsp3) is 0.800. The maximum absolute atomic E-state index is 5.91. The summed E-state index contributed by atoms with van der Waals surface area (Å²) >= 11 is 0. The summed E-state index contributed by atoms with van der Waals surface area (Å²) in [4.78, 5) is 4.17. The van der Waals surface area contributed by atoms with E-state index in [0.717, 1.165) is 32.7 Å². The topological polar surface area (TPSA) is 39.1 Å². The van der Waals surface area contributed by atoms with Gasteiger partial charge in [-0.05, 0) is 32.7 Å². The molecule has 0 aromatic carbocycles. The van der Waals surface area contributed by atoms with Gasteiger partial charge in [-0.15, -0.1) is 0 Å². The van der Waals surface area contributed by atoms with Crippen LogP contribution >= 0.6 is 0 Å². The van der Waals surface area contributed by atoms with Crippen LogP contribution < -0.4 is 5.32 Å². The van der Waals surface area contributed by atoms with E-state index in [9.17, 15) is 0 Å². The molecule has 0 unspecified atom stereocenters. The van der Waals surface area contributed by atoms with Crippen LogP contribution in [0.2, 0.25) is 0 Å². The number of rotatable bonds is 8. The van der Waals surface area contributed by atoms with Crippen molar-refractivity contribution in [2.45, 2.75) is 64.6 Å². The molecule has 1 aromatic rings. The van der Waals surface area contributed by atoms with E-state index >= 15 is 0 Å². The van der Waals surface area contributed by atoms with Gasteiger partial charge < -0.3 is 14.6 Å². The molecule has 4 nitrogen and oxygen atoms in total. The first-order chi connectivity index (χ1) is 9.40. The van der Waals surface area contributed by atoms with Gasteiger partial charge in [-0.2, -0.15) is 0 Å². The Balaban J connectivity index is 1.50. The van der Waals surface area contributed by atoms with Crippen LogP contribution in [0.5, 0.6) is 0 Å². The molecule has 0 radical (unpaired) electrons. The third-order valence-electron chi connectivity index (χ3n) is 3.85. The Hall–Kier alpha value is -0.870. The maximum atomic E-state index is 5.91. The first kappa shape index (κ1) is 14.5. The lowest BCUT2D eigenvalue weighted by molar-refractivity contribution is 0.0273. The molecule has 1 aromatic heterocycles. The van der Waals surface area contributed by atoms with Gasteiger partial charge in [0.15, 0.2) is 0 Å². The lowest BCUT2D eigenvalue weighted by Gasteiger charge is -2.21. The number of nitrogens with one attached hydrogen (secondary N) is 1. The summed E-state index contributed by atoms with van der Waals surface area (Å²) in [5.41, 5.74) is 1.26. The summed E-state index contributed by atoms with van der Waals surface area (Å²) in [6.45, 7) is 5.94. The van der Waals surface area contributed by atoms with Crippen molar-refractivity contribution in [3.8, 4) is 0 Å². The van der Waals surface area contributed by atoms with Crippen molar-refractivity contribution in [2.24, 2.45) is 0 Å². The molecule has 1 aliphatic rings. The fourth-order valence-corrected chi connectivity index (χ4v) is 2.68. The first-order valence-electron chi connectivity index (χ1n) is 7.71. The van der Waals surface area contributed by atoms with Crippen molar-refractivity contribution in [1.29, 1.82) is 0 Å². The van der Waals surface area contributed by atoms with Crippen molar-refractivity contribution in [1.82, 2.24) is 14.9 Å². The minimum Gasteiger partial charge on any atom is -0.378 e. The predicted molar refractivity (Wildman–Crippen MR) is 77.0 cm³/mol. The minimum atomic E-state index is 0.537. The number of aromatic nitrogens is 2. The van der Waals surface area contributed by atoms with Gasteiger partial charge in [-0.3, -0.25) is 0 Å². The molecular weight excluding hydrogens is 238 g/mol. The van der Waals surface area contributed by atoms with Crippen LogP contribution in [0.15, 0.2) is 12.5 Å². The fourth-order valence-electron chi connectivity index (χ4n) is 2.68. The Morgan fingerprint density at radius 1 is 1.37 bits per heavy atom. The largest absolute Gasteiger partial charge is 0.378 e. The summed E-state index contributed by atoms with van der Waals surface area (Å²) < 4.78 is 8.08. The van der Waals surface area contributed by atoms with E-state index in [0.29, 0.717) is 6.10 Å². The zero-order valence-electron chi connectivity index (χ0n) is 12.1. The summed E-state index contributed by atoms with van der Waals surface area (Å²) in [7, 11) is 0. The predicted octanol–water partition coefficient (Wildman–Crippen LogP) is 2.73.